The van der Waals surface area contributed by atoms with Crippen molar-refractivity contribution >= 4 is 21.8 Å². The van der Waals surface area contributed by atoms with E-state index in [-0.39, 0.29) is 18.0 Å². The average molecular weight is 523 g/mol. The predicted octanol–water partition coefficient (Wildman–Crippen LogP) is 3.14. The number of aromatic nitrogens is 1. The third-order valence-electron chi connectivity index (χ3n) is 7.33. The molecule has 1 saturated carbocycles. The molecule has 8 nitrogen and oxygen atoms in total. The van der Waals surface area contributed by atoms with E-state index in [4.69, 9.17) is 4.74 Å². The maximum Gasteiger partial charge on any atom is 0.326 e. The molecule has 1 amide bonds. The molecule has 1 aliphatic carbocycles. The molecule has 0 spiro atoms. The van der Waals surface area contributed by atoms with Crippen molar-refractivity contribution in [3.63, 3.8) is 0 Å². The van der Waals surface area contributed by atoms with Crippen LogP contribution in [-0.4, -0.2) is 43.8 Å². The van der Waals surface area contributed by atoms with Gasteiger partial charge in [0.2, 0.25) is 0 Å². The highest BCUT2D eigenvalue weighted by Crippen LogP contribution is 2.48. The van der Waals surface area contributed by atoms with E-state index < -0.39 is 28.5 Å². The molecule has 1 N–H and O–H groups in total. The molecule has 2 aliphatic heterocycles. The van der Waals surface area contributed by atoms with Crippen LogP contribution in [0.3, 0.4) is 0 Å². The number of benzene rings is 2. The lowest BCUT2D eigenvalue weighted by molar-refractivity contribution is -0.117. The van der Waals surface area contributed by atoms with Crippen LogP contribution in [0.4, 0.5) is 10.1 Å². The zero-order valence-electron chi connectivity index (χ0n) is 20.1. The first-order valence-electron chi connectivity index (χ1n) is 12.4. The van der Waals surface area contributed by atoms with Crippen LogP contribution in [0.25, 0.3) is 0 Å². The Kier molecular flexibility index (Phi) is 6.08. The molecule has 10 heteroatoms. The number of fused-ring (bicyclic) bond motifs is 1. The van der Waals surface area contributed by atoms with Crippen LogP contribution in [0.2, 0.25) is 0 Å². The number of hydrogen-bond acceptors (Lipinski definition) is 6. The van der Waals surface area contributed by atoms with E-state index in [1.165, 1.54) is 5.56 Å². The number of nitrogens with one attached hydrogen (secondary N) is 1. The molecule has 1 aromatic heterocycles. The maximum atomic E-state index is 16.2. The van der Waals surface area contributed by atoms with Gasteiger partial charge in [0.15, 0.2) is 5.82 Å². The summed E-state index contributed by atoms with van der Waals surface area (Å²) in [6, 6.07) is 15.2. The van der Waals surface area contributed by atoms with Gasteiger partial charge >= 0.3 is 10.2 Å². The van der Waals surface area contributed by atoms with Gasteiger partial charge in [-0.1, -0.05) is 30.3 Å². The van der Waals surface area contributed by atoms with Gasteiger partial charge in [0.1, 0.15) is 24.6 Å². The van der Waals surface area contributed by atoms with Crippen LogP contribution in [0.1, 0.15) is 34.6 Å². The summed E-state index contributed by atoms with van der Waals surface area (Å²) in [4.78, 5) is 18.3. The van der Waals surface area contributed by atoms with Crippen LogP contribution >= 0.6 is 0 Å². The van der Waals surface area contributed by atoms with Crippen molar-refractivity contribution in [2.45, 2.75) is 31.9 Å². The fourth-order valence-corrected chi connectivity index (χ4v) is 6.52. The molecule has 6 rings (SSSR count). The lowest BCUT2D eigenvalue weighted by Gasteiger charge is -2.31. The second kappa shape index (κ2) is 9.42. The number of carbonyl (C=O) groups is 1. The monoisotopic (exact) mass is 522 g/mol. The minimum atomic E-state index is -4.21. The smallest absolute Gasteiger partial charge is 0.326 e. The number of carbonyl (C=O) groups excluding carboxylic acids is 1. The molecule has 3 aliphatic rings. The van der Waals surface area contributed by atoms with Crippen molar-refractivity contribution in [2.75, 3.05) is 23.9 Å². The zero-order chi connectivity index (χ0) is 25.6. The SMILES string of the molecule is O=C1CN(c2c(OCc3ccccc3)cc3c(c2F)CN(CC2CC2c2ccncc2)CC3)S(=O)(=O)N1. The first-order chi connectivity index (χ1) is 17.9. The molecule has 1 saturated heterocycles. The largest absolute Gasteiger partial charge is 0.487 e. The molecule has 2 unspecified atom stereocenters. The van der Waals surface area contributed by atoms with E-state index in [1.54, 1.807) is 6.07 Å². The number of nitrogens with zero attached hydrogens (tertiary/aromatic N) is 3. The Hall–Kier alpha value is -3.50. The topological polar surface area (TPSA) is 91.8 Å². The molecular weight excluding hydrogens is 495 g/mol. The standard InChI is InChI=1S/C27H27FN4O4S/c28-26-23-15-31(14-21-12-22(21)19-6-9-29-10-7-19)11-8-20(23)13-24(36-17-18-4-2-1-3-5-18)27(26)32-16-25(33)30-37(32,34)35/h1-7,9-10,13,21-22H,8,11-12,14-17H2,(H,30,33). The third-order valence-corrected chi connectivity index (χ3v) is 8.71. The molecular formula is C27H27FN4O4S. The highest BCUT2D eigenvalue weighted by molar-refractivity contribution is 7.92. The number of halogens is 1. The first kappa shape index (κ1) is 23.9. The Morgan fingerprint density at radius 2 is 1.89 bits per heavy atom. The number of ether oxygens (including phenoxy) is 1. The van der Waals surface area contributed by atoms with Gasteiger partial charge in [-0.15, -0.1) is 0 Å². The lowest BCUT2D eigenvalue weighted by Crippen LogP contribution is -2.35. The summed E-state index contributed by atoms with van der Waals surface area (Å²) >= 11 is 0. The van der Waals surface area contributed by atoms with Gasteiger partial charge in [0.25, 0.3) is 5.91 Å². The third kappa shape index (κ3) is 4.78. The Labute approximate surface area is 215 Å². The van der Waals surface area contributed by atoms with Gasteiger partial charge in [0.05, 0.1) is 0 Å². The number of pyridine rings is 1. The van der Waals surface area contributed by atoms with Crippen LogP contribution in [0, 0.1) is 11.7 Å². The molecule has 2 fully saturated rings. The second-order valence-corrected chi connectivity index (χ2v) is 11.4. The van der Waals surface area contributed by atoms with E-state index in [0.29, 0.717) is 30.4 Å². The molecule has 2 atom stereocenters. The van der Waals surface area contributed by atoms with Crippen molar-refractivity contribution in [2.24, 2.45) is 5.92 Å². The van der Waals surface area contributed by atoms with Gasteiger partial charge in [0, 0.05) is 37.6 Å². The minimum Gasteiger partial charge on any atom is -0.487 e. The van der Waals surface area contributed by atoms with Crippen molar-refractivity contribution in [1.82, 2.24) is 14.6 Å². The van der Waals surface area contributed by atoms with Gasteiger partial charge in [-0.2, -0.15) is 8.42 Å². The van der Waals surface area contributed by atoms with Gasteiger partial charge in [-0.3, -0.25) is 14.7 Å². The molecule has 2 aromatic carbocycles. The van der Waals surface area contributed by atoms with Gasteiger partial charge in [-0.05, 0) is 59.6 Å². The Balaban J connectivity index is 1.28. The van der Waals surface area contributed by atoms with Crippen LogP contribution in [0.5, 0.6) is 5.75 Å². The normalized spacial score (nSPS) is 22.4. The van der Waals surface area contributed by atoms with Crippen LogP contribution in [0.15, 0.2) is 60.9 Å². The van der Waals surface area contributed by atoms with Crippen molar-refractivity contribution in [1.29, 1.82) is 0 Å². The molecule has 37 heavy (non-hydrogen) atoms. The number of rotatable bonds is 7. The molecule has 3 heterocycles. The number of amides is 1. The van der Waals surface area contributed by atoms with Crippen LogP contribution < -0.4 is 13.8 Å². The fraction of sp³-hybridized carbons (Fsp3) is 0.333. The Morgan fingerprint density at radius 3 is 2.62 bits per heavy atom. The van der Waals surface area contributed by atoms with Crippen LogP contribution in [-0.2, 0) is 34.6 Å². The summed E-state index contributed by atoms with van der Waals surface area (Å²) in [6.45, 7) is 1.66. The average Bonchev–Trinajstić information content (AvgIpc) is 3.60. The quantitative estimate of drug-likeness (QED) is 0.513. The van der Waals surface area contributed by atoms with Crippen molar-refractivity contribution in [3.05, 3.63) is 89.0 Å². The van der Waals surface area contributed by atoms with E-state index in [2.05, 4.69) is 9.88 Å². The lowest BCUT2D eigenvalue weighted by atomic mass is 9.97. The second-order valence-electron chi connectivity index (χ2n) is 9.85. The summed E-state index contributed by atoms with van der Waals surface area (Å²) < 4.78 is 50.2. The summed E-state index contributed by atoms with van der Waals surface area (Å²) in [5, 5.41) is 0. The number of anilines is 1. The highest BCUT2D eigenvalue weighted by atomic mass is 32.2. The molecule has 0 radical (unpaired) electrons. The minimum absolute atomic E-state index is 0.119. The maximum absolute atomic E-state index is 16.2. The molecule has 3 aromatic rings. The van der Waals surface area contributed by atoms with E-state index in [0.717, 1.165) is 34.9 Å². The first-order valence-corrected chi connectivity index (χ1v) is 13.8. The zero-order valence-corrected chi connectivity index (χ0v) is 21.0. The fourth-order valence-electron chi connectivity index (χ4n) is 5.36. The summed E-state index contributed by atoms with van der Waals surface area (Å²) in [7, 11) is -4.21. The Morgan fingerprint density at radius 1 is 1.11 bits per heavy atom. The summed E-state index contributed by atoms with van der Waals surface area (Å²) in [5.41, 5.74) is 3.20. The summed E-state index contributed by atoms with van der Waals surface area (Å²) in [6.07, 6.45) is 5.34. The van der Waals surface area contributed by atoms with Crippen molar-refractivity contribution < 1.29 is 22.3 Å². The predicted molar refractivity (Wildman–Crippen MR) is 136 cm³/mol. The van der Waals surface area contributed by atoms with E-state index in [9.17, 15) is 13.2 Å². The van der Waals surface area contributed by atoms with Gasteiger partial charge in [-0.25, -0.2) is 13.4 Å². The van der Waals surface area contributed by atoms with E-state index >= 15 is 4.39 Å². The molecule has 0 bridgehead atoms. The van der Waals surface area contributed by atoms with Gasteiger partial charge < -0.3 is 4.74 Å². The highest BCUT2D eigenvalue weighted by Gasteiger charge is 2.41. The van der Waals surface area contributed by atoms with Crippen molar-refractivity contribution in [3.8, 4) is 5.75 Å². The van der Waals surface area contributed by atoms with E-state index in [1.807, 2.05) is 59.6 Å². The summed E-state index contributed by atoms with van der Waals surface area (Å²) in [5.74, 6) is -0.241. The number of hydrogen-bond donors (Lipinski definition) is 1. The Bertz CT molecular complexity index is 1440. The molecule has 192 valence electrons.